The maximum absolute atomic E-state index is 10.5. The second kappa shape index (κ2) is 5.78. The number of carboxylic acid groups (broad SMARTS) is 1. The normalized spacial score (nSPS) is 13.5. The maximum atomic E-state index is 10.5. The molecule has 4 nitrogen and oxygen atoms in total. The highest BCUT2D eigenvalue weighted by molar-refractivity contribution is 8.03. The molecule has 2 rings (SSSR count). The van der Waals surface area contributed by atoms with Crippen molar-refractivity contribution in [3.8, 4) is 11.2 Å². The number of thioether (sulfide) groups is 1. The minimum absolute atomic E-state index is 0.322. The van der Waals surface area contributed by atoms with Gasteiger partial charge in [-0.1, -0.05) is 0 Å². The number of thiocyanates is 1. The van der Waals surface area contributed by atoms with Crippen LogP contribution in [0, 0.1) is 10.7 Å². The van der Waals surface area contributed by atoms with Gasteiger partial charge >= 0.3 is 5.97 Å². The van der Waals surface area contributed by atoms with Gasteiger partial charge in [-0.15, -0.1) is 0 Å². The lowest BCUT2D eigenvalue weighted by Crippen LogP contribution is -2.13. The average molecular weight is 263 g/mol. The third kappa shape index (κ3) is 2.77. The molecule has 94 valence electrons. The van der Waals surface area contributed by atoms with Gasteiger partial charge in [0.2, 0.25) is 0 Å². The van der Waals surface area contributed by atoms with Crippen LogP contribution in [0.25, 0.3) is 0 Å². The fourth-order valence-electron chi connectivity index (χ4n) is 2.22. The lowest BCUT2D eigenvalue weighted by molar-refractivity contribution is -0.139. The van der Waals surface area contributed by atoms with Crippen LogP contribution >= 0.6 is 11.8 Å². The highest BCUT2D eigenvalue weighted by Crippen LogP contribution is 2.36. The number of benzene rings is 1. The van der Waals surface area contributed by atoms with Crippen molar-refractivity contribution < 1.29 is 14.6 Å². The maximum Gasteiger partial charge on any atom is 0.341 e. The zero-order valence-electron chi connectivity index (χ0n) is 9.81. The van der Waals surface area contributed by atoms with Crippen molar-refractivity contribution in [2.24, 2.45) is 0 Å². The van der Waals surface area contributed by atoms with Gasteiger partial charge in [-0.2, -0.15) is 5.26 Å². The number of fused-ring (bicyclic) bond motifs is 1. The summed E-state index contributed by atoms with van der Waals surface area (Å²) in [7, 11) is 0. The van der Waals surface area contributed by atoms with Crippen LogP contribution in [0.5, 0.6) is 5.75 Å². The minimum Gasteiger partial charge on any atom is -0.482 e. The molecule has 0 saturated carbocycles. The molecule has 5 heteroatoms. The summed E-state index contributed by atoms with van der Waals surface area (Å²) in [4.78, 5) is 11.5. The number of carboxylic acids is 1. The molecule has 1 aliphatic carbocycles. The monoisotopic (exact) mass is 263 g/mol. The zero-order valence-corrected chi connectivity index (χ0v) is 10.6. The van der Waals surface area contributed by atoms with Crippen LogP contribution < -0.4 is 4.74 Å². The summed E-state index contributed by atoms with van der Waals surface area (Å²) < 4.78 is 5.31. The highest BCUT2D eigenvalue weighted by atomic mass is 32.2. The second-order valence-corrected chi connectivity index (χ2v) is 4.93. The van der Waals surface area contributed by atoms with E-state index in [4.69, 9.17) is 15.1 Å². The summed E-state index contributed by atoms with van der Waals surface area (Å²) in [5, 5.41) is 19.5. The first-order valence-electron chi connectivity index (χ1n) is 5.77. The number of nitrogens with zero attached hydrogens (tertiary/aromatic N) is 1. The van der Waals surface area contributed by atoms with Gasteiger partial charge in [0.1, 0.15) is 11.2 Å². The van der Waals surface area contributed by atoms with E-state index in [-0.39, 0.29) is 6.61 Å². The molecule has 0 radical (unpaired) electrons. The number of carbonyl (C=O) groups is 1. The van der Waals surface area contributed by atoms with E-state index in [1.807, 2.05) is 6.07 Å². The molecule has 0 amide bonds. The van der Waals surface area contributed by atoms with Crippen molar-refractivity contribution in [1.29, 1.82) is 5.26 Å². The average Bonchev–Trinajstić information content (AvgIpc) is 2.38. The van der Waals surface area contributed by atoms with Gasteiger partial charge in [0, 0.05) is 4.90 Å². The summed E-state index contributed by atoms with van der Waals surface area (Å²) in [6, 6.07) is 3.61. The van der Waals surface area contributed by atoms with E-state index in [0.717, 1.165) is 53.5 Å². The van der Waals surface area contributed by atoms with Crippen molar-refractivity contribution in [2.45, 2.75) is 30.6 Å². The van der Waals surface area contributed by atoms with Crippen molar-refractivity contribution >= 4 is 17.7 Å². The smallest absolute Gasteiger partial charge is 0.341 e. The SMILES string of the molecule is N#CSc1ccc(OCC(=O)O)c2c1CCCC2. The Hall–Kier alpha value is -1.67. The quantitative estimate of drug-likeness (QED) is 0.668. The third-order valence-electron chi connectivity index (χ3n) is 2.96. The van der Waals surface area contributed by atoms with Gasteiger partial charge in [-0.25, -0.2) is 4.79 Å². The van der Waals surface area contributed by atoms with Crippen LogP contribution in [0.2, 0.25) is 0 Å². The number of hydrogen-bond acceptors (Lipinski definition) is 4. The molecular weight excluding hydrogens is 250 g/mol. The van der Waals surface area contributed by atoms with Gasteiger partial charge in [0.15, 0.2) is 6.61 Å². The van der Waals surface area contributed by atoms with E-state index in [2.05, 4.69) is 5.40 Å². The van der Waals surface area contributed by atoms with E-state index in [0.29, 0.717) is 5.75 Å². The van der Waals surface area contributed by atoms with Crippen LogP contribution in [0.1, 0.15) is 24.0 Å². The van der Waals surface area contributed by atoms with Crippen molar-refractivity contribution in [3.05, 3.63) is 23.3 Å². The summed E-state index contributed by atoms with van der Waals surface area (Å²) in [5.74, 6) is -0.329. The van der Waals surface area contributed by atoms with Crippen molar-refractivity contribution in [3.63, 3.8) is 0 Å². The minimum atomic E-state index is -0.977. The molecule has 1 aromatic carbocycles. The molecule has 0 atom stereocenters. The summed E-state index contributed by atoms with van der Waals surface area (Å²) in [5.41, 5.74) is 2.22. The second-order valence-electron chi connectivity index (χ2n) is 4.10. The first kappa shape index (κ1) is 12.8. The Labute approximate surface area is 110 Å². The number of rotatable bonds is 4. The first-order valence-corrected chi connectivity index (χ1v) is 6.59. The molecule has 0 heterocycles. The van der Waals surface area contributed by atoms with Crippen molar-refractivity contribution in [1.82, 2.24) is 0 Å². The standard InChI is InChI=1S/C13H13NO3S/c14-8-18-12-6-5-11(17-7-13(15)16)9-3-1-2-4-10(9)12/h5-6H,1-4,7H2,(H,15,16). The molecule has 0 bridgehead atoms. The number of hydrogen-bond donors (Lipinski definition) is 1. The number of aliphatic carboxylic acids is 1. The molecule has 1 aliphatic rings. The van der Waals surface area contributed by atoms with E-state index in [1.54, 1.807) is 6.07 Å². The Morgan fingerprint density at radius 3 is 2.78 bits per heavy atom. The van der Waals surface area contributed by atoms with E-state index in [9.17, 15) is 4.79 Å². The van der Waals surface area contributed by atoms with E-state index < -0.39 is 5.97 Å². The summed E-state index contributed by atoms with van der Waals surface area (Å²) >= 11 is 1.16. The predicted molar refractivity (Wildman–Crippen MR) is 67.7 cm³/mol. The predicted octanol–water partition coefficient (Wildman–Crippen LogP) is 2.60. The molecule has 1 N–H and O–H groups in total. The Bertz CT molecular complexity index is 508. The molecule has 1 aromatic rings. The van der Waals surface area contributed by atoms with Crippen molar-refractivity contribution in [2.75, 3.05) is 6.61 Å². The van der Waals surface area contributed by atoms with Crippen LogP contribution in [-0.2, 0) is 17.6 Å². The summed E-state index contributed by atoms with van der Waals surface area (Å²) in [6.45, 7) is -0.322. The lowest BCUT2D eigenvalue weighted by atomic mass is 9.91. The molecule has 0 spiro atoms. The molecule has 0 fully saturated rings. The lowest BCUT2D eigenvalue weighted by Gasteiger charge is -2.21. The van der Waals surface area contributed by atoms with Crippen LogP contribution in [0.15, 0.2) is 17.0 Å². The van der Waals surface area contributed by atoms with Crippen LogP contribution in [0.4, 0.5) is 0 Å². The van der Waals surface area contributed by atoms with Gasteiger partial charge in [-0.3, -0.25) is 0 Å². The van der Waals surface area contributed by atoms with Gasteiger partial charge in [-0.05, 0) is 60.7 Å². The Kier molecular flexibility index (Phi) is 4.11. The number of nitriles is 1. The Balaban J connectivity index is 2.32. The fraction of sp³-hybridized carbons (Fsp3) is 0.385. The topological polar surface area (TPSA) is 70.3 Å². The Morgan fingerprint density at radius 1 is 1.39 bits per heavy atom. The molecular formula is C13H13NO3S. The van der Waals surface area contributed by atoms with Crippen LogP contribution in [0.3, 0.4) is 0 Å². The molecule has 18 heavy (non-hydrogen) atoms. The van der Waals surface area contributed by atoms with Gasteiger partial charge < -0.3 is 9.84 Å². The molecule has 0 aromatic heterocycles. The zero-order chi connectivity index (χ0) is 13.0. The van der Waals surface area contributed by atoms with Gasteiger partial charge in [0.25, 0.3) is 0 Å². The highest BCUT2D eigenvalue weighted by Gasteiger charge is 2.18. The third-order valence-corrected chi connectivity index (χ3v) is 3.65. The van der Waals surface area contributed by atoms with Gasteiger partial charge in [0.05, 0.1) is 0 Å². The molecule has 0 aliphatic heterocycles. The Morgan fingerprint density at radius 2 is 2.11 bits per heavy atom. The van der Waals surface area contributed by atoms with E-state index in [1.165, 1.54) is 0 Å². The fourth-order valence-corrected chi connectivity index (χ4v) is 2.80. The molecule has 0 saturated heterocycles. The van der Waals surface area contributed by atoms with E-state index >= 15 is 0 Å². The summed E-state index contributed by atoms with van der Waals surface area (Å²) in [6.07, 6.45) is 4.01. The first-order chi connectivity index (χ1) is 8.72. The van der Waals surface area contributed by atoms with Crippen LogP contribution in [-0.4, -0.2) is 17.7 Å². The largest absolute Gasteiger partial charge is 0.482 e. The number of ether oxygens (including phenoxy) is 1. The molecule has 0 unspecified atom stereocenters.